The molecule has 0 aliphatic heterocycles. The number of carbonyl (C=O) groups excluding carboxylic acids is 2. The lowest BCUT2D eigenvalue weighted by atomic mass is 10.1. The molecule has 3 amide bonds. The predicted molar refractivity (Wildman–Crippen MR) is 106 cm³/mol. The molecule has 0 aromatic heterocycles. The van der Waals surface area contributed by atoms with Crippen LogP contribution in [0.2, 0.25) is 0 Å². The summed E-state index contributed by atoms with van der Waals surface area (Å²) in [5, 5.41) is 8.60. The van der Waals surface area contributed by atoms with Gasteiger partial charge in [-0.05, 0) is 55.9 Å². The van der Waals surface area contributed by atoms with Crippen LogP contribution in [0.4, 0.5) is 10.5 Å². The molecule has 0 radical (unpaired) electrons. The zero-order chi connectivity index (χ0) is 17.5. The topological polar surface area (TPSA) is 96.2 Å². The van der Waals surface area contributed by atoms with Crippen molar-refractivity contribution in [2.45, 2.75) is 44.3 Å². The highest BCUT2D eigenvalue weighted by Crippen LogP contribution is 2.19. The molecular weight excluding hydrogens is 360 g/mol. The van der Waals surface area contributed by atoms with E-state index in [4.69, 9.17) is 5.73 Å². The van der Waals surface area contributed by atoms with E-state index in [-0.39, 0.29) is 30.4 Å². The Morgan fingerprint density at radius 2 is 1.92 bits per heavy atom. The maximum absolute atomic E-state index is 12.0. The fraction of sp³-hybridized carbons (Fsp3) is 0.529. The lowest BCUT2D eigenvalue weighted by Gasteiger charge is -2.18. The minimum absolute atomic E-state index is 0. The van der Waals surface area contributed by atoms with Crippen LogP contribution in [0.25, 0.3) is 0 Å². The third-order valence-electron chi connectivity index (χ3n) is 3.91. The zero-order valence-electron chi connectivity index (χ0n) is 14.6. The lowest BCUT2D eigenvalue weighted by Crippen LogP contribution is -2.41. The Balaban J connectivity index is 0.00000312. The normalized spacial score (nSPS) is 15.5. The van der Waals surface area contributed by atoms with Crippen LogP contribution in [0, 0.1) is 0 Å². The van der Waals surface area contributed by atoms with Crippen molar-refractivity contribution < 1.29 is 9.59 Å². The van der Waals surface area contributed by atoms with Crippen molar-refractivity contribution in [2.24, 2.45) is 5.73 Å². The molecule has 1 aliphatic carbocycles. The van der Waals surface area contributed by atoms with E-state index in [1.807, 2.05) is 37.4 Å². The van der Waals surface area contributed by atoms with Gasteiger partial charge in [0.2, 0.25) is 5.91 Å². The van der Waals surface area contributed by atoms with Crippen molar-refractivity contribution in [3.05, 3.63) is 29.8 Å². The summed E-state index contributed by atoms with van der Waals surface area (Å²) in [6, 6.07) is 6.99. The second-order valence-electron chi connectivity index (χ2n) is 6.11. The fourth-order valence-corrected chi connectivity index (χ4v) is 2.70. The van der Waals surface area contributed by atoms with Gasteiger partial charge in [0.15, 0.2) is 0 Å². The van der Waals surface area contributed by atoms with Crippen molar-refractivity contribution in [1.29, 1.82) is 0 Å². The Labute approximate surface area is 159 Å². The molecule has 2 atom stereocenters. The van der Waals surface area contributed by atoms with Gasteiger partial charge in [-0.3, -0.25) is 4.79 Å². The van der Waals surface area contributed by atoms with Gasteiger partial charge in [-0.2, -0.15) is 11.8 Å². The molecule has 1 aromatic carbocycles. The summed E-state index contributed by atoms with van der Waals surface area (Å²) in [6.07, 6.45) is 4.78. The summed E-state index contributed by atoms with van der Waals surface area (Å²) >= 11 is 1.68. The van der Waals surface area contributed by atoms with Gasteiger partial charge in [0.1, 0.15) is 0 Å². The molecule has 1 aromatic rings. The van der Waals surface area contributed by atoms with Crippen LogP contribution < -0.4 is 21.7 Å². The highest BCUT2D eigenvalue weighted by Gasteiger charge is 2.23. The van der Waals surface area contributed by atoms with Crippen LogP contribution in [0.5, 0.6) is 0 Å². The summed E-state index contributed by atoms with van der Waals surface area (Å²) in [5.41, 5.74) is 7.57. The molecule has 1 aliphatic rings. The first kappa shape index (κ1) is 21.6. The molecule has 0 bridgehead atoms. The smallest absolute Gasteiger partial charge is 0.319 e. The number of benzene rings is 1. The predicted octanol–water partition coefficient (Wildman–Crippen LogP) is 2.65. The molecule has 0 spiro atoms. The number of amides is 3. The fourth-order valence-electron chi connectivity index (χ4n) is 2.22. The van der Waals surface area contributed by atoms with Crippen LogP contribution in [0.3, 0.4) is 0 Å². The van der Waals surface area contributed by atoms with Crippen LogP contribution in [0.1, 0.15) is 37.8 Å². The Hall–Kier alpha value is -1.44. The Kier molecular flexibility index (Phi) is 9.10. The van der Waals surface area contributed by atoms with Crippen molar-refractivity contribution in [2.75, 3.05) is 17.3 Å². The van der Waals surface area contributed by atoms with Crippen LogP contribution in [-0.4, -0.2) is 36.0 Å². The standard InChI is InChI=1S/C17H26N4O2S.ClH/c1-11(19-16(22)15(18)9-10-24-2)12-3-5-13(6-4-12)20-17(23)21-14-7-8-14;/h3-6,11,14-15H,7-10,18H2,1-2H3,(H,19,22)(H2,20,21,23);1H/t11?,15-;/m0./s1. The van der Waals surface area contributed by atoms with Gasteiger partial charge in [-0.25, -0.2) is 4.79 Å². The van der Waals surface area contributed by atoms with Gasteiger partial charge >= 0.3 is 6.03 Å². The van der Waals surface area contributed by atoms with Gasteiger partial charge < -0.3 is 21.7 Å². The number of hydrogen-bond donors (Lipinski definition) is 4. The Morgan fingerprint density at radius 1 is 1.28 bits per heavy atom. The van der Waals surface area contributed by atoms with Gasteiger partial charge in [0.25, 0.3) is 0 Å². The molecule has 0 heterocycles. The number of hydrogen-bond acceptors (Lipinski definition) is 4. The van der Waals surface area contributed by atoms with E-state index < -0.39 is 6.04 Å². The molecule has 1 saturated carbocycles. The van der Waals surface area contributed by atoms with Crippen LogP contribution in [-0.2, 0) is 4.79 Å². The first-order valence-electron chi connectivity index (χ1n) is 8.22. The molecule has 0 saturated heterocycles. The molecule has 1 fully saturated rings. The summed E-state index contributed by atoms with van der Waals surface area (Å²) < 4.78 is 0. The molecule has 2 rings (SSSR count). The Morgan fingerprint density at radius 3 is 2.48 bits per heavy atom. The molecule has 1 unspecified atom stereocenters. The van der Waals surface area contributed by atoms with Crippen molar-refractivity contribution in [1.82, 2.24) is 10.6 Å². The van der Waals surface area contributed by atoms with Gasteiger partial charge in [-0.1, -0.05) is 12.1 Å². The van der Waals surface area contributed by atoms with Gasteiger partial charge in [0.05, 0.1) is 12.1 Å². The minimum atomic E-state index is -0.480. The SMILES string of the molecule is CSCC[C@H](N)C(=O)NC(C)c1ccc(NC(=O)NC2CC2)cc1.Cl. The monoisotopic (exact) mass is 386 g/mol. The Bertz CT molecular complexity index is 566. The molecular formula is C17H27ClN4O2S. The number of rotatable bonds is 8. The number of thioether (sulfide) groups is 1. The average Bonchev–Trinajstić information content (AvgIpc) is 3.36. The molecule has 8 heteroatoms. The average molecular weight is 387 g/mol. The second kappa shape index (κ2) is 10.5. The molecule has 5 N–H and O–H groups in total. The summed E-state index contributed by atoms with van der Waals surface area (Å²) in [7, 11) is 0. The highest BCUT2D eigenvalue weighted by molar-refractivity contribution is 7.98. The van der Waals surface area contributed by atoms with E-state index in [9.17, 15) is 9.59 Å². The maximum Gasteiger partial charge on any atom is 0.319 e. The van der Waals surface area contributed by atoms with E-state index >= 15 is 0 Å². The van der Waals surface area contributed by atoms with E-state index in [2.05, 4.69) is 16.0 Å². The highest BCUT2D eigenvalue weighted by atomic mass is 35.5. The summed E-state index contributed by atoms with van der Waals surface area (Å²) in [6.45, 7) is 1.92. The van der Waals surface area contributed by atoms with Crippen LogP contribution in [0.15, 0.2) is 24.3 Å². The second-order valence-corrected chi connectivity index (χ2v) is 7.10. The van der Waals surface area contributed by atoms with E-state index in [1.54, 1.807) is 11.8 Å². The number of carbonyl (C=O) groups is 2. The molecule has 25 heavy (non-hydrogen) atoms. The number of anilines is 1. The molecule has 140 valence electrons. The van der Waals surface area contributed by atoms with Crippen molar-refractivity contribution in [3.8, 4) is 0 Å². The van der Waals surface area contributed by atoms with Crippen molar-refractivity contribution in [3.63, 3.8) is 0 Å². The first-order chi connectivity index (χ1) is 11.5. The maximum atomic E-state index is 12.0. The van der Waals surface area contributed by atoms with Gasteiger partial charge in [0, 0.05) is 11.7 Å². The minimum Gasteiger partial charge on any atom is -0.348 e. The third-order valence-corrected chi connectivity index (χ3v) is 4.55. The molecule has 6 nitrogen and oxygen atoms in total. The van der Waals surface area contributed by atoms with Crippen LogP contribution >= 0.6 is 24.2 Å². The largest absolute Gasteiger partial charge is 0.348 e. The summed E-state index contributed by atoms with van der Waals surface area (Å²) in [4.78, 5) is 23.7. The third kappa shape index (κ3) is 7.54. The summed E-state index contributed by atoms with van der Waals surface area (Å²) in [5.74, 6) is 0.731. The number of urea groups is 1. The van der Waals surface area contributed by atoms with Crippen molar-refractivity contribution >= 4 is 41.8 Å². The first-order valence-corrected chi connectivity index (χ1v) is 9.61. The van der Waals surface area contributed by atoms with E-state index in [0.29, 0.717) is 12.5 Å². The van der Waals surface area contributed by atoms with E-state index in [1.165, 1.54) is 0 Å². The number of nitrogens with two attached hydrogens (primary N) is 1. The number of nitrogens with one attached hydrogen (secondary N) is 3. The zero-order valence-corrected chi connectivity index (χ0v) is 16.2. The number of halogens is 1. The van der Waals surface area contributed by atoms with Gasteiger partial charge in [-0.15, -0.1) is 12.4 Å². The lowest BCUT2D eigenvalue weighted by molar-refractivity contribution is -0.123. The quantitative estimate of drug-likeness (QED) is 0.552. The van der Waals surface area contributed by atoms with E-state index in [0.717, 1.165) is 29.8 Å².